The van der Waals surface area contributed by atoms with Crippen molar-refractivity contribution in [2.24, 2.45) is 0 Å². The maximum absolute atomic E-state index is 12.7. The van der Waals surface area contributed by atoms with E-state index < -0.39 is 15.6 Å². The average Bonchev–Trinajstić information content (AvgIpc) is 3.33. The van der Waals surface area contributed by atoms with Gasteiger partial charge in [-0.05, 0) is 47.4 Å². The first-order valence-corrected chi connectivity index (χ1v) is 12.5. The standard InChI is InChI=1S/C23H20N2O4S2/c26-22-13-17(23-19-6-2-1-5-16(19)7-9-20(23)29-22)15-30-21-10-8-18(14-24-21)31(27,28)25-11-3-4-12-25/h1-2,5-10,13-14H,3-4,11-12,15H2. The van der Waals surface area contributed by atoms with Gasteiger partial charge in [-0.3, -0.25) is 0 Å². The number of sulfonamides is 1. The molecule has 0 atom stereocenters. The van der Waals surface area contributed by atoms with Crippen molar-refractivity contribution < 1.29 is 12.8 Å². The van der Waals surface area contributed by atoms with Crippen LogP contribution in [0, 0.1) is 0 Å². The minimum Gasteiger partial charge on any atom is -0.423 e. The maximum atomic E-state index is 12.7. The van der Waals surface area contributed by atoms with Gasteiger partial charge in [0.25, 0.3) is 0 Å². The Labute approximate surface area is 184 Å². The number of thioether (sulfide) groups is 1. The fourth-order valence-electron chi connectivity index (χ4n) is 3.97. The van der Waals surface area contributed by atoms with Crippen LogP contribution in [-0.4, -0.2) is 30.8 Å². The van der Waals surface area contributed by atoms with Crippen LogP contribution in [0.3, 0.4) is 0 Å². The molecule has 4 aromatic rings. The molecule has 0 bridgehead atoms. The zero-order valence-electron chi connectivity index (χ0n) is 16.7. The lowest BCUT2D eigenvalue weighted by atomic mass is 10.0. The SMILES string of the molecule is O=c1cc(CSc2ccc(S(=O)(=O)N3CCCC3)cn2)c2c(ccc3ccccc32)o1. The second-order valence-corrected chi connectivity index (χ2v) is 10.4. The van der Waals surface area contributed by atoms with Crippen LogP contribution < -0.4 is 5.63 Å². The highest BCUT2D eigenvalue weighted by Crippen LogP contribution is 2.31. The second-order valence-electron chi connectivity index (χ2n) is 7.48. The predicted molar refractivity (Wildman–Crippen MR) is 122 cm³/mol. The third kappa shape index (κ3) is 3.86. The minimum absolute atomic E-state index is 0.218. The van der Waals surface area contributed by atoms with Crippen LogP contribution in [0.2, 0.25) is 0 Å². The first-order chi connectivity index (χ1) is 15.0. The molecule has 0 aliphatic carbocycles. The number of nitrogens with zero attached hydrogens (tertiary/aromatic N) is 2. The number of pyridine rings is 1. The van der Waals surface area contributed by atoms with E-state index >= 15 is 0 Å². The van der Waals surface area contributed by atoms with Crippen LogP contribution in [0.1, 0.15) is 18.4 Å². The Bertz CT molecular complexity index is 1420. The van der Waals surface area contributed by atoms with Crippen molar-refractivity contribution in [3.05, 3.63) is 76.8 Å². The smallest absolute Gasteiger partial charge is 0.336 e. The van der Waals surface area contributed by atoms with Gasteiger partial charge in [0.15, 0.2) is 0 Å². The molecule has 158 valence electrons. The number of aromatic nitrogens is 1. The largest absolute Gasteiger partial charge is 0.423 e. The van der Waals surface area contributed by atoms with Gasteiger partial charge in [-0.2, -0.15) is 4.31 Å². The van der Waals surface area contributed by atoms with E-state index in [0.717, 1.165) is 34.6 Å². The summed E-state index contributed by atoms with van der Waals surface area (Å²) in [6, 6.07) is 16.6. The quantitative estimate of drug-likeness (QED) is 0.253. The highest BCUT2D eigenvalue weighted by Gasteiger charge is 2.27. The molecular formula is C23H20N2O4S2. The summed E-state index contributed by atoms with van der Waals surface area (Å²) in [6.45, 7) is 1.13. The fourth-order valence-corrected chi connectivity index (χ4v) is 6.25. The summed E-state index contributed by atoms with van der Waals surface area (Å²) < 4.78 is 32.3. The predicted octanol–water partition coefficient (Wildman–Crippen LogP) is 4.42. The van der Waals surface area contributed by atoms with Crippen molar-refractivity contribution in [1.82, 2.24) is 9.29 Å². The Morgan fingerprint density at radius 3 is 2.61 bits per heavy atom. The van der Waals surface area contributed by atoms with Gasteiger partial charge in [0.1, 0.15) is 10.5 Å². The monoisotopic (exact) mass is 452 g/mol. The second kappa shape index (κ2) is 8.11. The highest BCUT2D eigenvalue weighted by molar-refractivity contribution is 7.98. The molecule has 5 rings (SSSR count). The van der Waals surface area contributed by atoms with Crippen LogP contribution in [0.4, 0.5) is 0 Å². The van der Waals surface area contributed by atoms with E-state index in [1.807, 2.05) is 36.4 Å². The number of rotatable bonds is 5. The molecule has 8 heteroatoms. The molecule has 0 radical (unpaired) electrons. The van der Waals surface area contributed by atoms with E-state index in [-0.39, 0.29) is 4.90 Å². The van der Waals surface area contributed by atoms with Crippen LogP contribution in [0.25, 0.3) is 21.7 Å². The van der Waals surface area contributed by atoms with E-state index in [0.29, 0.717) is 29.5 Å². The Kier molecular flexibility index (Phi) is 5.29. The lowest BCUT2D eigenvalue weighted by Crippen LogP contribution is -2.27. The zero-order chi connectivity index (χ0) is 21.4. The Morgan fingerprint density at radius 1 is 1.03 bits per heavy atom. The molecule has 0 saturated carbocycles. The average molecular weight is 453 g/mol. The molecule has 1 saturated heterocycles. The molecule has 3 heterocycles. The van der Waals surface area contributed by atoms with Crippen LogP contribution in [0.15, 0.2) is 79.9 Å². The molecule has 0 N–H and O–H groups in total. The first kappa shape index (κ1) is 20.2. The van der Waals surface area contributed by atoms with Crippen molar-refractivity contribution in [2.75, 3.05) is 13.1 Å². The van der Waals surface area contributed by atoms with Gasteiger partial charge in [-0.1, -0.05) is 30.3 Å². The van der Waals surface area contributed by atoms with Crippen LogP contribution in [0.5, 0.6) is 0 Å². The van der Waals surface area contributed by atoms with E-state index in [2.05, 4.69) is 4.98 Å². The molecule has 1 aliphatic rings. The van der Waals surface area contributed by atoms with Gasteiger partial charge in [-0.15, -0.1) is 11.8 Å². The van der Waals surface area contributed by atoms with E-state index in [9.17, 15) is 13.2 Å². The molecule has 2 aromatic carbocycles. The minimum atomic E-state index is -3.47. The van der Waals surface area contributed by atoms with Crippen LogP contribution in [-0.2, 0) is 15.8 Å². The summed E-state index contributed by atoms with van der Waals surface area (Å²) in [5, 5.41) is 3.71. The Morgan fingerprint density at radius 2 is 1.84 bits per heavy atom. The topological polar surface area (TPSA) is 80.5 Å². The van der Waals surface area contributed by atoms with Gasteiger partial charge in [0, 0.05) is 36.5 Å². The summed E-state index contributed by atoms with van der Waals surface area (Å²) in [6.07, 6.45) is 3.21. The maximum Gasteiger partial charge on any atom is 0.336 e. The van der Waals surface area contributed by atoms with Crippen molar-refractivity contribution >= 4 is 43.5 Å². The molecule has 6 nitrogen and oxygen atoms in total. The molecule has 1 aliphatic heterocycles. The van der Waals surface area contributed by atoms with Gasteiger partial charge in [0.2, 0.25) is 10.0 Å². The number of benzene rings is 2. The summed E-state index contributed by atoms with van der Waals surface area (Å²) in [4.78, 5) is 16.6. The summed E-state index contributed by atoms with van der Waals surface area (Å²) in [7, 11) is -3.47. The van der Waals surface area contributed by atoms with Crippen molar-refractivity contribution in [1.29, 1.82) is 0 Å². The molecule has 31 heavy (non-hydrogen) atoms. The first-order valence-electron chi connectivity index (χ1n) is 10.1. The normalized spacial score (nSPS) is 15.1. The van der Waals surface area contributed by atoms with Crippen molar-refractivity contribution in [3.8, 4) is 0 Å². The number of hydrogen-bond donors (Lipinski definition) is 0. The number of hydrogen-bond acceptors (Lipinski definition) is 6. The fraction of sp³-hybridized carbons (Fsp3) is 0.217. The number of fused-ring (bicyclic) bond motifs is 3. The van der Waals surface area contributed by atoms with Crippen molar-refractivity contribution in [2.45, 2.75) is 28.5 Å². The molecular weight excluding hydrogens is 432 g/mol. The van der Waals surface area contributed by atoms with Gasteiger partial charge in [0.05, 0.1) is 5.03 Å². The molecule has 2 aromatic heterocycles. The van der Waals surface area contributed by atoms with Crippen LogP contribution >= 0.6 is 11.8 Å². The summed E-state index contributed by atoms with van der Waals surface area (Å²) >= 11 is 1.46. The van der Waals surface area contributed by atoms with Gasteiger partial charge < -0.3 is 4.42 Å². The lowest BCUT2D eigenvalue weighted by molar-refractivity contribution is 0.477. The lowest BCUT2D eigenvalue weighted by Gasteiger charge is -2.15. The third-order valence-corrected chi connectivity index (χ3v) is 8.38. The molecule has 1 fully saturated rings. The molecule has 0 amide bonds. The molecule has 0 spiro atoms. The van der Waals surface area contributed by atoms with E-state index in [1.165, 1.54) is 28.3 Å². The third-order valence-electron chi connectivity index (χ3n) is 5.50. The van der Waals surface area contributed by atoms with Gasteiger partial charge >= 0.3 is 5.63 Å². The van der Waals surface area contributed by atoms with Crippen molar-refractivity contribution in [3.63, 3.8) is 0 Å². The Balaban J connectivity index is 1.43. The van der Waals surface area contributed by atoms with E-state index in [4.69, 9.17) is 4.42 Å². The highest BCUT2D eigenvalue weighted by atomic mass is 32.2. The Hall–Kier alpha value is -2.68. The van der Waals surface area contributed by atoms with E-state index in [1.54, 1.807) is 12.1 Å². The molecule has 0 unspecified atom stereocenters. The summed E-state index contributed by atoms with van der Waals surface area (Å²) in [5.74, 6) is 0.515. The summed E-state index contributed by atoms with van der Waals surface area (Å²) in [5.41, 5.74) is 1.03. The van der Waals surface area contributed by atoms with Gasteiger partial charge in [-0.25, -0.2) is 18.2 Å². The zero-order valence-corrected chi connectivity index (χ0v) is 18.3.